The van der Waals surface area contributed by atoms with Gasteiger partial charge in [-0.15, -0.1) is 0 Å². The van der Waals surface area contributed by atoms with E-state index >= 15 is 0 Å². The molecular formula is C20H16ClF3N4O3. The van der Waals surface area contributed by atoms with Crippen molar-refractivity contribution >= 4 is 39.8 Å². The summed E-state index contributed by atoms with van der Waals surface area (Å²) in [6.07, 6.45) is 1.44. The average Bonchev–Trinajstić information content (AvgIpc) is 3.11. The summed E-state index contributed by atoms with van der Waals surface area (Å²) in [5.74, 6) is -4.56. The molecule has 7 nitrogen and oxygen atoms in total. The molecule has 1 saturated heterocycles. The molecule has 1 atom stereocenters. The molecule has 11 heteroatoms. The summed E-state index contributed by atoms with van der Waals surface area (Å²) >= 11 is 6.50. The van der Waals surface area contributed by atoms with E-state index in [1.807, 2.05) is 0 Å². The largest absolute Gasteiger partial charge is 0.477 e. The van der Waals surface area contributed by atoms with E-state index in [9.17, 15) is 27.9 Å². The van der Waals surface area contributed by atoms with Crippen molar-refractivity contribution in [3.05, 3.63) is 62.7 Å². The number of aromatic nitrogens is 1. The zero-order valence-electron chi connectivity index (χ0n) is 15.8. The molecule has 0 spiro atoms. The topological polar surface area (TPSA) is 115 Å². The third kappa shape index (κ3) is 3.37. The highest BCUT2D eigenvalue weighted by Gasteiger charge is 2.28. The molecule has 0 aliphatic carbocycles. The molecule has 1 fully saturated rings. The molecule has 0 radical (unpaired) electrons. The van der Waals surface area contributed by atoms with Crippen molar-refractivity contribution in [1.82, 2.24) is 4.57 Å². The van der Waals surface area contributed by atoms with Crippen LogP contribution in [0.4, 0.5) is 24.5 Å². The molecule has 2 heterocycles. The number of hydrogen-bond donors (Lipinski definition) is 3. The zero-order chi connectivity index (χ0) is 22.6. The van der Waals surface area contributed by atoms with Crippen molar-refractivity contribution < 1.29 is 23.1 Å². The van der Waals surface area contributed by atoms with E-state index in [4.69, 9.17) is 23.1 Å². The Morgan fingerprint density at radius 3 is 2.48 bits per heavy atom. The van der Waals surface area contributed by atoms with Gasteiger partial charge in [-0.2, -0.15) is 0 Å². The second kappa shape index (κ2) is 7.47. The lowest BCUT2D eigenvalue weighted by Crippen LogP contribution is -2.27. The van der Waals surface area contributed by atoms with Crippen LogP contribution in [0, 0.1) is 17.5 Å². The lowest BCUT2D eigenvalue weighted by molar-refractivity contribution is 0.0695. The maximum atomic E-state index is 15.0. The number of pyridine rings is 1. The number of hydrogen-bond acceptors (Lipinski definition) is 5. The van der Waals surface area contributed by atoms with Crippen LogP contribution in [0.2, 0.25) is 5.02 Å². The predicted molar refractivity (Wildman–Crippen MR) is 111 cm³/mol. The normalized spacial score (nSPS) is 16.3. The summed E-state index contributed by atoms with van der Waals surface area (Å²) in [5.41, 5.74) is 8.75. The van der Waals surface area contributed by atoms with Crippen LogP contribution in [-0.2, 0) is 0 Å². The number of benzene rings is 2. The first-order valence-corrected chi connectivity index (χ1v) is 9.54. The highest BCUT2D eigenvalue weighted by atomic mass is 35.5. The Morgan fingerprint density at radius 1 is 1.16 bits per heavy atom. The number of halogens is 4. The smallest absolute Gasteiger partial charge is 0.341 e. The van der Waals surface area contributed by atoms with Gasteiger partial charge in [0.15, 0.2) is 0 Å². The SMILES string of the molecule is Nc1cc(-n2cc(C(=O)O)c(=O)c3cc(F)c(N4CC[C@H](N)C4)c(Cl)c32)c(F)cc1F. The minimum Gasteiger partial charge on any atom is -0.477 e. The number of nitrogen functional groups attached to an aromatic ring is 1. The summed E-state index contributed by atoms with van der Waals surface area (Å²) in [6, 6.07) is 2.10. The minimum atomic E-state index is -1.61. The van der Waals surface area contributed by atoms with Crippen molar-refractivity contribution in [3.8, 4) is 5.69 Å². The van der Waals surface area contributed by atoms with Gasteiger partial charge < -0.3 is 26.0 Å². The van der Waals surface area contributed by atoms with Crippen LogP contribution in [-0.4, -0.2) is 34.8 Å². The molecule has 2 aromatic carbocycles. The Bertz CT molecular complexity index is 1310. The second-order valence-electron chi connectivity index (χ2n) is 7.28. The molecule has 162 valence electrons. The van der Waals surface area contributed by atoms with E-state index in [0.717, 1.165) is 22.9 Å². The summed E-state index contributed by atoms with van der Waals surface area (Å²) in [4.78, 5) is 25.9. The average molecular weight is 453 g/mol. The number of carboxylic acid groups (broad SMARTS) is 1. The molecule has 0 unspecified atom stereocenters. The standard InChI is InChI=1S/C20H16ClF3N4O3/c21-16-17-9(3-13(24)18(16)27-2-1-8(25)6-27)19(29)10(20(30)31)7-28(17)15-5-14(26)11(22)4-12(15)23/h3-5,7-8H,1-2,6,25-26H2,(H,30,31)/t8-/m0/s1. The van der Waals surface area contributed by atoms with E-state index in [-0.39, 0.29) is 33.3 Å². The predicted octanol–water partition coefficient (Wildman–Crippen LogP) is 2.88. The van der Waals surface area contributed by atoms with Gasteiger partial charge in [-0.05, 0) is 18.6 Å². The third-order valence-electron chi connectivity index (χ3n) is 5.25. The van der Waals surface area contributed by atoms with Crippen LogP contribution in [0.25, 0.3) is 16.6 Å². The molecule has 5 N–H and O–H groups in total. The molecule has 3 aromatic rings. The first-order valence-electron chi connectivity index (χ1n) is 9.16. The minimum absolute atomic E-state index is 0.0474. The van der Waals surface area contributed by atoms with Crippen molar-refractivity contribution in [2.45, 2.75) is 12.5 Å². The Hall–Kier alpha value is -3.24. The number of carbonyl (C=O) groups is 1. The van der Waals surface area contributed by atoms with Crippen molar-refractivity contribution in [3.63, 3.8) is 0 Å². The van der Waals surface area contributed by atoms with Crippen molar-refractivity contribution in [2.24, 2.45) is 5.73 Å². The number of carboxylic acids is 1. The number of nitrogens with zero attached hydrogens (tertiary/aromatic N) is 2. The summed E-state index contributed by atoms with van der Waals surface area (Å²) in [5, 5.41) is 8.81. The number of rotatable bonds is 3. The van der Waals surface area contributed by atoms with Gasteiger partial charge in [0, 0.05) is 31.4 Å². The summed E-state index contributed by atoms with van der Waals surface area (Å²) in [7, 11) is 0. The van der Waals surface area contributed by atoms with Crippen LogP contribution >= 0.6 is 11.6 Å². The summed E-state index contributed by atoms with van der Waals surface area (Å²) in [6.45, 7) is 0.704. The van der Waals surface area contributed by atoms with Gasteiger partial charge in [0.2, 0.25) is 5.43 Å². The van der Waals surface area contributed by atoms with E-state index in [2.05, 4.69) is 0 Å². The molecule has 0 amide bonds. The fraction of sp³-hybridized carbons (Fsp3) is 0.200. The van der Waals surface area contributed by atoms with Crippen LogP contribution in [0.15, 0.2) is 29.2 Å². The quantitative estimate of drug-likeness (QED) is 0.526. The monoisotopic (exact) mass is 452 g/mol. The van der Waals surface area contributed by atoms with Gasteiger partial charge in [-0.3, -0.25) is 4.79 Å². The van der Waals surface area contributed by atoms with Gasteiger partial charge in [0.05, 0.1) is 33.0 Å². The van der Waals surface area contributed by atoms with E-state index < -0.39 is 40.1 Å². The maximum Gasteiger partial charge on any atom is 0.341 e. The van der Waals surface area contributed by atoms with Gasteiger partial charge in [-0.25, -0.2) is 18.0 Å². The number of nitrogens with two attached hydrogens (primary N) is 2. The Balaban J connectivity index is 2.14. The molecule has 4 rings (SSSR count). The fourth-order valence-corrected chi connectivity index (χ4v) is 4.17. The van der Waals surface area contributed by atoms with Crippen molar-refractivity contribution in [1.29, 1.82) is 0 Å². The molecule has 0 bridgehead atoms. The van der Waals surface area contributed by atoms with Gasteiger partial charge >= 0.3 is 5.97 Å². The molecule has 1 aliphatic rings. The van der Waals surface area contributed by atoms with Gasteiger partial charge in [0.25, 0.3) is 0 Å². The maximum absolute atomic E-state index is 15.0. The molecule has 1 aliphatic heterocycles. The molecule has 0 saturated carbocycles. The first kappa shape index (κ1) is 21.0. The highest BCUT2D eigenvalue weighted by Crippen LogP contribution is 2.38. The molecule has 1 aromatic heterocycles. The van der Waals surface area contributed by atoms with Crippen LogP contribution in [0.3, 0.4) is 0 Å². The lowest BCUT2D eigenvalue weighted by atomic mass is 10.1. The van der Waals surface area contributed by atoms with Crippen molar-refractivity contribution in [2.75, 3.05) is 23.7 Å². The Labute approximate surface area is 178 Å². The number of aromatic carboxylic acids is 1. The lowest BCUT2D eigenvalue weighted by Gasteiger charge is -2.23. The Kier molecular flexibility index (Phi) is 5.06. The third-order valence-corrected chi connectivity index (χ3v) is 5.61. The number of anilines is 2. The molecular weight excluding hydrogens is 437 g/mol. The van der Waals surface area contributed by atoms with Crippen LogP contribution in [0.5, 0.6) is 0 Å². The summed E-state index contributed by atoms with van der Waals surface area (Å²) < 4.78 is 44.3. The number of fused-ring (bicyclic) bond motifs is 1. The second-order valence-corrected chi connectivity index (χ2v) is 7.66. The Morgan fingerprint density at radius 2 is 1.87 bits per heavy atom. The van der Waals surface area contributed by atoms with Gasteiger partial charge in [-0.1, -0.05) is 11.6 Å². The van der Waals surface area contributed by atoms with Crippen LogP contribution < -0.4 is 21.8 Å². The van der Waals surface area contributed by atoms with E-state index in [1.54, 1.807) is 4.90 Å². The van der Waals surface area contributed by atoms with E-state index in [0.29, 0.717) is 25.6 Å². The van der Waals surface area contributed by atoms with Crippen LogP contribution in [0.1, 0.15) is 16.8 Å². The highest BCUT2D eigenvalue weighted by molar-refractivity contribution is 6.38. The van der Waals surface area contributed by atoms with Gasteiger partial charge in [0.1, 0.15) is 23.0 Å². The van der Waals surface area contributed by atoms with E-state index in [1.165, 1.54) is 0 Å². The first-order chi connectivity index (χ1) is 14.6. The fourth-order valence-electron chi connectivity index (χ4n) is 3.77. The molecule has 31 heavy (non-hydrogen) atoms. The zero-order valence-corrected chi connectivity index (χ0v) is 16.6.